The van der Waals surface area contributed by atoms with Gasteiger partial charge in [0.2, 0.25) is 10.0 Å². The van der Waals surface area contributed by atoms with E-state index in [-0.39, 0.29) is 11.4 Å². The van der Waals surface area contributed by atoms with Crippen LogP contribution in [0.5, 0.6) is 0 Å². The molecule has 0 aliphatic heterocycles. The van der Waals surface area contributed by atoms with Crippen LogP contribution in [0.2, 0.25) is 0 Å². The lowest BCUT2D eigenvalue weighted by atomic mass is 10.1. The van der Waals surface area contributed by atoms with Crippen LogP contribution in [0, 0.1) is 12.7 Å². The molecule has 0 amide bonds. The monoisotopic (exact) mass is 362 g/mol. The molecule has 0 spiro atoms. The van der Waals surface area contributed by atoms with E-state index in [9.17, 15) is 12.8 Å². The number of hydrogen-bond acceptors (Lipinski definition) is 4. The molecule has 1 N–H and O–H groups in total. The Morgan fingerprint density at radius 2 is 2.08 bits per heavy atom. The number of aromatic nitrogens is 1. The second-order valence-electron chi connectivity index (χ2n) is 5.26. The second kappa shape index (κ2) is 6.80. The van der Waals surface area contributed by atoms with Gasteiger partial charge in [-0.2, -0.15) is 11.3 Å². The normalized spacial score (nSPS) is 11.6. The third kappa shape index (κ3) is 3.53. The standard InChI is InChI=1S/C17H15FN2O2S2/c1-12-9-15(18)4-5-16(12)24(21,22)20-10-13-3-2-7-19-17(13)14-6-8-23-11-14/h2-9,11,20H,10H2,1H3. The maximum absolute atomic E-state index is 13.2. The van der Waals surface area contributed by atoms with Crippen LogP contribution >= 0.6 is 11.3 Å². The maximum Gasteiger partial charge on any atom is 0.241 e. The molecule has 1 aromatic carbocycles. The van der Waals surface area contributed by atoms with Gasteiger partial charge in [-0.25, -0.2) is 17.5 Å². The van der Waals surface area contributed by atoms with E-state index in [0.717, 1.165) is 22.9 Å². The molecule has 2 heterocycles. The van der Waals surface area contributed by atoms with Crippen molar-refractivity contribution in [2.45, 2.75) is 18.4 Å². The van der Waals surface area contributed by atoms with Gasteiger partial charge in [-0.05, 0) is 53.8 Å². The maximum atomic E-state index is 13.2. The molecule has 0 bridgehead atoms. The summed E-state index contributed by atoms with van der Waals surface area (Å²) in [4.78, 5) is 4.42. The topological polar surface area (TPSA) is 59.1 Å². The van der Waals surface area contributed by atoms with E-state index in [1.54, 1.807) is 30.5 Å². The fraction of sp³-hybridized carbons (Fsp3) is 0.118. The molecule has 3 aromatic rings. The largest absolute Gasteiger partial charge is 0.256 e. The molecule has 7 heteroatoms. The highest BCUT2D eigenvalue weighted by Gasteiger charge is 2.18. The van der Waals surface area contributed by atoms with Crippen LogP contribution in [0.4, 0.5) is 4.39 Å². The molecule has 2 aromatic heterocycles. The first-order valence-electron chi connectivity index (χ1n) is 7.19. The Balaban J connectivity index is 1.86. The SMILES string of the molecule is Cc1cc(F)ccc1S(=O)(=O)NCc1cccnc1-c1ccsc1. The fourth-order valence-electron chi connectivity index (χ4n) is 2.41. The number of benzene rings is 1. The van der Waals surface area contributed by atoms with Crippen LogP contribution in [0.15, 0.2) is 58.3 Å². The van der Waals surface area contributed by atoms with Crippen LogP contribution in [0.3, 0.4) is 0 Å². The number of rotatable bonds is 5. The molecule has 24 heavy (non-hydrogen) atoms. The smallest absolute Gasteiger partial charge is 0.241 e. The average Bonchev–Trinajstić information content (AvgIpc) is 3.07. The van der Waals surface area contributed by atoms with E-state index in [1.165, 1.54) is 12.1 Å². The molecule has 3 rings (SSSR count). The molecular weight excluding hydrogens is 347 g/mol. The predicted molar refractivity (Wildman–Crippen MR) is 92.7 cm³/mol. The molecule has 124 valence electrons. The van der Waals surface area contributed by atoms with Gasteiger partial charge in [-0.3, -0.25) is 4.98 Å². The van der Waals surface area contributed by atoms with Gasteiger partial charge < -0.3 is 0 Å². The van der Waals surface area contributed by atoms with Crippen LogP contribution in [-0.2, 0) is 16.6 Å². The number of thiophene rings is 1. The zero-order valence-electron chi connectivity index (χ0n) is 12.9. The number of pyridine rings is 1. The summed E-state index contributed by atoms with van der Waals surface area (Å²) in [5.41, 5.74) is 2.84. The van der Waals surface area contributed by atoms with Crippen molar-refractivity contribution < 1.29 is 12.8 Å². The molecule has 0 saturated heterocycles. The molecule has 0 aliphatic carbocycles. The van der Waals surface area contributed by atoms with Gasteiger partial charge in [0.15, 0.2) is 0 Å². The summed E-state index contributed by atoms with van der Waals surface area (Å²) in [6.07, 6.45) is 1.68. The van der Waals surface area contributed by atoms with Crippen molar-refractivity contribution in [1.82, 2.24) is 9.71 Å². The first kappa shape index (κ1) is 16.8. The van der Waals surface area contributed by atoms with Crippen LogP contribution in [0.1, 0.15) is 11.1 Å². The molecular formula is C17H15FN2O2S2. The number of halogens is 1. The Kier molecular flexibility index (Phi) is 4.75. The molecule has 4 nitrogen and oxygen atoms in total. The quantitative estimate of drug-likeness (QED) is 0.752. The zero-order chi connectivity index (χ0) is 17.2. The van der Waals surface area contributed by atoms with E-state index in [0.29, 0.717) is 5.56 Å². The Hall–Kier alpha value is -2.09. The average molecular weight is 362 g/mol. The van der Waals surface area contributed by atoms with Gasteiger partial charge in [0.1, 0.15) is 5.82 Å². The predicted octanol–water partition coefficient (Wildman–Crippen LogP) is 3.74. The lowest BCUT2D eigenvalue weighted by Crippen LogP contribution is -2.24. The molecule has 0 radical (unpaired) electrons. The van der Waals surface area contributed by atoms with E-state index in [4.69, 9.17) is 0 Å². The highest BCUT2D eigenvalue weighted by atomic mass is 32.2. The van der Waals surface area contributed by atoms with E-state index in [2.05, 4.69) is 9.71 Å². The minimum absolute atomic E-state index is 0.0740. The van der Waals surface area contributed by atoms with Crippen molar-refractivity contribution in [3.05, 3.63) is 70.3 Å². The number of nitrogens with zero attached hydrogens (tertiary/aromatic N) is 1. The summed E-state index contributed by atoms with van der Waals surface area (Å²) in [5.74, 6) is -0.460. The Morgan fingerprint density at radius 1 is 1.25 bits per heavy atom. The zero-order valence-corrected chi connectivity index (χ0v) is 14.5. The second-order valence-corrected chi connectivity index (χ2v) is 7.77. The van der Waals surface area contributed by atoms with Gasteiger partial charge in [-0.15, -0.1) is 0 Å². The number of hydrogen-bond donors (Lipinski definition) is 1. The van der Waals surface area contributed by atoms with Gasteiger partial charge in [-0.1, -0.05) is 6.07 Å². The third-order valence-corrected chi connectivity index (χ3v) is 5.81. The molecule has 0 atom stereocenters. The summed E-state index contributed by atoms with van der Waals surface area (Å²) >= 11 is 1.55. The number of aryl methyl sites for hydroxylation is 1. The van der Waals surface area contributed by atoms with Crippen LogP contribution in [-0.4, -0.2) is 13.4 Å². The number of sulfonamides is 1. The van der Waals surface area contributed by atoms with Crippen molar-refractivity contribution in [1.29, 1.82) is 0 Å². The lowest BCUT2D eigenvalue weighted by Gasteiger charge is -2.11. The van der Waals surface area contributed by atoms with Crippen molar-refractivity contribution in [2.24, 2.45) is 0 Å². The van der Waals surface area contributed by atoms with E-state index < -0.39 is 15.8 Å². The minimum Gasteiger partial charge on any atom is -0.256 e. The van der Waals surface area contributed by atoms with Gasteiger partial charge in [0, 0.05) is 23.7 Å². The fourth-order valence-corrected chi connectivity index (χ4v) is 4.28. The summed E-state index contributed by atoms with van der Waals surface area (Å²) in [5, 5.41) is 3.91. The van der Waals surface area contributed by atoms with Crippen molar-refractivity contribution >= 4 is 21.4 Å². The lowest BCUT2D eigenvalue weighted by molar-refractivity contribution is 0.579. The molecule has 0 unspecified atom stereocenters. The first-order chi connectivity index (χ1) is 11.5. The highest BCUT2D eigenvalue weighted by molar-refractivity contribution is 7.89. The van der Waals surface area contributed by atoms with Gasteiger partial charge >= 0.3 is 0 Å². The Labute approximate surface area is 144 Å². The Bertz CT molecular complexity index is 954. The summed E-state index contributed by atoms with van der Waals surface area (Å²) < 4.78 is 40.7. The molecule has 0 saturated carbocycles. The van der Waals surface area contributed by atoms with Crippen molar-refractivity contribution in [3.8, 4) is 11.3 Å². The summed E-state index contributed by atoms with van der Waals surface area (Å²) in [6.45, 7) is 1.68. The number of nitrogens with one attached hydrogen (secondary N) is 1. The van der Waals surface area contributed by atoms with E-state index >= 15 is 0 Å². The summed E-state index contributed by atoms with van der Waals surface area (Å²) in [6, 6.07) is 9.16. The highest BCUT2D eigenvalue weighted by Crippen LogP contribution is 2.24. The summed E-state index contributed by atoms with van der Waals surface area (Å²) in [7, 11) is -3.73. The van der Waals surface area contributed by atoms with Gasteiger partial charge in [0.05, 0.1) is 10.6 Å². The van der Waals surface area contributed by atoms with Crippen molar-refractivity contribution in [3.63, 3.8) is 0 Å². The minimum atomic E-state index is -3.73. The van der Waals surface area contributed by atoms with Crippen molar-refractivity contribution in [2.75, 3.05) is 0 Å². The first-order valence-corrected chi connectivity index (χ1v) is 9.62. The molecule has 0 aliphatic rings. The van der Waals surface area contributed by atoms with Gasteiger partial charge in [0.25, 0.3) is 0 Å². The van der Waals surface area contributed by atoms with E-state index in [1.807, 2.05) is 22.9 Å². The van der Waals surface area contributed by atoms with Crippen LogP contribution in [0.25, 0.3) is 11.3 Å². The molecule has 0 fully saturated rings. The van der Waals surface area contributed by atoms with Crippen LogP contribution < -0.4 is 4.72 Å². The third-order valence-electron chi connectivity index (χ3n) is 3.57. The Morgan fingerprint density at radius 3 is 2.79 bits per heavy atom.